The molecular weight excluding hydrogens is 832 g/mol. The second-order valence-electron chi connectivity index (χ2n) is 14.3. The van der Waals surface area contributed by atoms with Crippen LogP contribution in [0.3, 0.4) is 0 Å². The Bertz CT molecular complexity index is 2540. The van der Waals surface area contributed by atoms with E-state index in [9.17, 15) is 0 Å². The van der Waals surface area contributed by atoms with Crippen LogP contribution in [0.4, 0.5) is 17.1 Å². The molecule has 0 N–H and O–H groups in total. The Balaban J connectivity index is 0.00000400. The van der Waals surface area contributed by atoms with Crippen LogP contribution < -0.4 is 14.5 Å². The summed E-state index contributed by atoms with van der Waals surface area (Å²) in [6, 6.07) is 57.8. The molecule has 0 saturated carbocycles. The van der Waals surface area contributed by atoms with Crippen molar-refractivity contribution in [3.63, 3.8) is 0 Å². The van der Waals surface area contributed by atoms with Gasteiger partial charge in [0.2, 0.25) is 0 Å². The summed E-state index contributed by atoms with van der Waals surface area (Å²) in [5, 5.41) is 2.24. The topological polar surface area (TPSA) is 33.5 Å². The summed E-state index contributed by atoms with van der Waals surface area (Å²) in [4.78, 5) is 9.43. The quantitative estimate of drug-likeness (QED) is 0.149. The number of hydrogen-bond acceptors (Lipinski definition) is 4. The molecule has 0 aliphatic carbocycles. The van der Waals surface area contributed by atoms with Crippen LogP contribution in [0.5, 0.6) is 11.5 Å². The smallest absolute Gasteiger partial charge is 0.135 e. The minimum Gasteiger partial charge on any atom is -0.509 e. The SMILES string of the molecule is CC(C)(C)c1ccc(-n2c3[c-]c(Oc4[c-]c(N5[CH-]N(Cc6ccccc6)c6ccccc65)cc(-c5ccccc5)c4)ccc3c3ccccc32)nc1.[Pt]. The molecule has 2 aromatic heterocycles. The normalized spacial score (nSPS) is 12.6. The molecule has 0 radical (unpaired) electrons. The van der Waals surface area contributed by atoms with E-state index in [1.807, 2.05) is 18.3 Å². The molecule has 1 aliphatic heterocycles. The Kier molecular flexibility index (Phi) is 9.14. The van der Waals surface area contributed by atoms with Crippen molar-refractivity contribution in [3.05, 3.63) is 182 Å². The second kappa shape index (κ2) is 14.1. The molecule has 0 saturated heterocycles. The Morgan fingerprint density at radius 3 is 2.13 bits per heavy atom. The third-order valence-corrected chi connectivity index (χ3v) is 9.72. The van der Waals surface area contributed by atoms with E-state index in [-0.39, 0.29) is 26.5 Å². The fraction of sp³-hybridized carbons (Fsp3) is 0.106. The summed E-state index contributed by atoms with van der Waals surface area (Å²) in [6.07, 6.45) is 1.98. The van der Waals surface area contributed by atoms with E-state index >= 15 is 0 Å². The molecule has 9 rings (SSSR count). The summed E-state index contributed by atoms with van der Waals surface area (Å²) in [5.41, 5.74) is 9.68. The van der Waals surface area contributed by atoms with Crippen molar-refractivity contribution in [2.45, 2.75) is 32.7 Å². The maximum atomic E-state index is 6.71. The van der Waals surface area contributed by atoms with Crippen LogP contribution in [-0.4, -0.2) is 9.55 Å². The molecule has 264 valence electrons. The number of aromatic nitrogens is 2. The van der Waals surface area contributed by atoms with Crippen molar-refractivity contribution < 1.29 is 25.8 Å². The Morgan fingerprint density at radius 2 is 1.38 bits per heavy atom. The first kappa shape index (κ1) is 34.4. The Morgan fingerprint density at radius 1 is 0.660 bits per heavy atom. The molecule has 0 bridgehead atoms. The molecule has 6 aromatic carbocycles. The van der Waals surface area contributed by atoms with Crippen LogP contribution in [-0.2, 0) is 33.0 Å². The van der Waals surface area contributed by atoms with Gasteiger partial charge in [-0.2, -0.15) is 12.7 Å². The first-order chi connectivity index (χ1) is 25.4. The zero-order valence-corrected chi connectivity index (χ0v) is 32.0. The van der Waals surface area contributed by atoms with E-state index < -0.39 is 0 Å². The zero-order chi connectivity index (χ0) is 35.2. The number of anilines is 3. The maximum Gasteiger partial charge on any atom is 0.135 e. The Hall–Kier alpha value is -5.64. The average Bonchev–Trinajstić information content (AvgIpc) is 3.70. The van der Waals surface area contributed by atoms with Gasteiger partial charge in [0.15, 0.2) is 0 Å². The molecule has 3 heterocycles. The van der Waals surface area contributed by atoms with Gasteiger partial charge >= 0.3 is 0 Å². The molecule has 0 fully saturated rings. The first-order valence-electron chi connectivity index (χ1n) is 17.7. The number of nitrogens with zero attached hydrogens (tertiary/aromatic N) is 4. The third-order valence-electron chi connectivity index (χ3n) is 9.72. The summed E-state index contributed by atoms with van der Waals surface area (Å²) in [7, 11) is 0. The molecule has 8 aromatic rings. The first-order valence-corrected chi connectivity index (χ1v) is 17.7. The molecule has 5 nitrogen and oxygen atoms in total. The van der Waals surface area contributed by atoms with Gasteiger partial charge in [-0.3, -0.25) is 0 Å². The van der Waals surface area contributed by atoms with Crippen LogP contribution in [0.25, 0.3) is 38.8 Å². The summed E-state index contributed by atoms with van der Waals surface area (Å²) < 4.78 is 8.89. The fourth-order valence-corrected chi connectivity index (χ4v) is 7.04. The van der Waals surface area contributed by atoms with Crippen LogP contribution in [0.15, 0.2) is 152 Å². The van der Waals surface area contributed by atoms with Gasteiger partial charge in [0.05, 0.1) is 0 Å². The minimum atomic E-state index is 0. The molecule has 0 unspecified atom stereocenters. The number of fused-ring (bicyclic) bond motifs is 4. The largest absolute Gasteiger partial charge is 0.509 e. The number of rotatable bonds is 7. The van der Waals surface area contributed by atoms with Gasteiger partial charge in [0, 0.05) is 62.2 Å². The molecule has 53 heavy (non-hydrogen) atoms. The number of benzene rings is 6. The van der Waals surface area contributed by atoms with Gasteiger partial charge in [-0.1, -0.05) is 123 Å². The minimum absolute atomic E-state index is 0. The van der Waals surface area contributed by atoms with Crippen LogP contribution in [0.1, 0.15) is 31.9 Å². The third kappa shape index (κ3) is 6.62. The molecule has 0 atom stereocenters. The van der Waals surface area contributed by atoms with E-state index in [4.69, 9.17) is 9.72 Å². The second-order valence-corrected chi connectivity index (χ2v) is 14.3. The van der Waals surface area contributed by atoms with Crippen LogP contribution in [0, 0.1) is 18.8 Å². The van der Waals surface area contributed by atoms with Crippen molar-refractivity contribution in [2.24, 2.45) is 0 Å². The van der Waals surface area contributed by atoms with E-state index in [1.165, 1.54) is 11.1 Å². The molecule has 0 spiro atoms. The number of ether oxygens (including phenoxy) is 1. The molecule has 0 amide bonds. The maximum absolute atomic E-state index is 6.71. The molecule has 6 heteroatoms. The average molecular weight is 869 g/mol. The summed E-state index contributed by atoms with van der Waals surface area (Å²) >= 11 is 0. The van der Waals surface area contributed by atoms with Gasteiger partial charge in [-0.25, -0.2) is 4.98 Å². The van der Waals surface area contributed by atoms with Crippen molar-refractivity contribution in [1.82, 2.24) is 9.55 Å². The predicted molar refractivity (Wildman–Crippen MR) is 212 cm³/mol. The monoisotopic (exact) mass is 868 g/mol. The van der Waals surface area contributed by atoms with Gasteiger partial charge in [0.1, 0.15) is 5.82 Å². The van der Waals surface area contributed by atoms with Crippen molar-refractivity contribution in [3.8, 4) is 28.4 Å². The predicted octanol–water partition coefficient (Wildman–Crippen LogP) is 11.8. The van der Waals surface area contributed by atoms with E-state index in [0.717, 1.165) is 62.4 Å². The van der Waals surface area contributed by atoms with E-state index in [0.29, 0.717) is 11.5 Å². The van der Waals surface area contributed by atoms with E-state index in [2.05, 4.69) is 187 Å². The van der Waals surface area contributed by atoms with Crippen LogP contribution >= 0.6 is 0 Å². The van der Waals surface area contributed by atoms with Gasteiger partial charge in [0.25, 0.3) is 0 Å². The molecule has 1 aliphatic rings. The standard InChI is InChI=1S/C47H37N4O.Pt/c1-47(2,3)36-22-25-46(48-30-36)51-42-19-11-10-18-40(42)41-24-23-38(29-45(41)51)52-39-27-35(34-16-8-5-9-17-34)26-37(28-39)50-32-49(31-33-14-6-4-7-15-33)43-20-12-13-21-44(43)50;/h4-27,30,32H,31H2,1-3H3;/q-3;. The zero-order valence-electron chi connectivity index (χ0n) is 29.7. The van der Waals surface area contributed by atoms with Gasteiger partial charge < -0.3 is 19.1 Å². The van der Waals surface area contributed by atoms with Gasteiger partial charge in [-0.05, 0) is 51.8 Å². The summed E-state index contributed by atoms with van der Waals surface area (Å²) in [6.45, 7) is 9.54. The van der Waals surface area contributed by atoms with Crippen molar-refractivity contribution in [2.75, 3.05) is 9.80 Å². The fourth-order valence-electron chi connectivity index (χ4n) is 7.04. The number of para-hydroxylation sites is 3. The van der Waals surface area contributed by atoms with Gasteiger partial charge in [-0.15, -0.1) is 47.0 Å². The number of pyridine rings is 1. The van der Waals surface area contributed by atoms with Crippen molar-refractivity contribution >= 4 is 38.9 Å². The number of hydrogen-bond donors (Lipinski definition) is 0. The van der Waals surface area contributed by atoms with Crippen molar-refractivity contribution in [1.29, 1.82) is 0 Å². The van der Waals surface area contributed by atoms with Crippen LogP contribution in [0.2, 0.25) is 0 Å². The Labute approximate surface area is 325 Å². The molecular formula is C47H37N4OPt-3. The summed E-state index contributed by atoms with van der Waals surface area (Å²) in [5.74, 6) is 2.05. The van der Waals surface area contributed by atoms with E-state index in [1.54, 1.807) is 0 Å².